The minimum Gasteiger partial charge on any atom is -0.0622 e. The molecular weight excluding hydrogens is 566 g/mol. The second-order valence-electron chi connectivity index (χ2n) is 12.1. The van der Waals surface area contributed by atoms with E-state index in [0.29, 0.717) is 23.7 Å². The fourth-order valence-corrected chi connectivity index (χ4v) is 13.3. The van der Waals surface area contributed by atoms with Gasteiger partial charge in [-0.15, -0.1) is 0 Å². The first-order valence-corrected chi connectivity index (χ1v) is 18.8. The van der Waals surface area contributed by atoms with E-state index in [0.717, 1.165) is 0 Å². The summed E-state index contributed by atoms with van der Waals surface area (Å²) in [5, 5.41) is 5.96. The van der Waals surface area contributed by atoms with Crippen LogP contribution in [0.5, 0.6) is 0 Å². The quantitative estimate of drug-likeness (QED) is 0.153. The lowest BCUT2D eigenvalue weighted by atomic mass is 9.55. The van der Waals surface area contributed by atoms with Crippen molar-refractivity contribution in [2.45, 2.75) is 11.8 Å². The number of hydrogen-bond donors (Lipinski definition) is 0. The topological polar surface area (TPSA) is 0 Å². The van der Waals surface area contributed by atoms with Crippen molar-refractivity contribution in [2.24, 2.45) is 11.8 Å². The van der Waals surface area contributed by atoms with E-state index in [1.54, 1.807) is 22.3 Å². The average molecular weight is 603 g/mol. The Morgan fingerprint density at radius 1 is 0.295 bits per heavy atom. The molecule has 3 aliphatic rings. The van der Waals surface area contributed by atoms with Gasteiger partial charge >= 0.3 is 0 Å². The fraction of sp³-hybridized carbons (Fsp3) is 0.143. The van der Waals surface area contributed by atoms with Crippen molar-refractivity contribution in [2.75, 3.05) is 12.3 Å². The molecule has 3 aliphatic carbocycles. The van der Waals surface area contributed by atoms with E-state index in [4.69, 9.17) is 0 Å². The molecule has 2 atom stereocenters. The first-order valence-electron chi connectivity index (χ1n) is 15.8. The summed E-state index contributed by atoms with van der Waals surface area (Å²) in [5.41, 5.74) is 6.27. The Morgan fingerprint density at radius 2 is 0.523 bits per heavy atom. The van der Waals surface area contributed by atoms with Crippen molar-refractivity contribution in [3.8, 4) is 0 Å². The summed E-state index contributed by atoms with van der Waals surface area (Å²) >= 11 is 0. The molecule has 0 spiro atoms. The molecule has 0 saturated heterocycles. The van der Waals surface area contributed by atoms with Gasteiger partial charge in [0, 0.05) is 11.8 Å². The van der Waals surface area contributed by atoms with Crippen LogP contribution in [0.2, 0.25) is 0 Å². The van der Waals surface area contributed by atoms with Gasteiger partial charge < -0.3 is 0 Å². The van der Waals surface area contributed by atoms with Crippen molar-refractivity contribution in [3.63, 3.8) is 0 Å². The first-order chi connectivity index (χ1) is 21.9. The van der Waals surface area contributed by atoms with E-state index in [9.17, 15) is 0 Å². The number of benzene rings is 6. The minimum atomic E-state index is -0.517. The third kappa shape index (κ3) is 5.06. The zero-order chi connectivity index (χ0) is 29.3. The van der Waals surface area contributed by atoms with Crippen LogP contribution in [0.15, 0.2) is 170 Å². The lowest BCUT2D eigenvalue weighted by molar-refractivity contribution is 0.279. The Labute approximate surface area is 264 Å². The number of fused-ring (bicyclic) bond motifs is 1. The van der Waals surface area contributed by atoms with Crippen LogP contribution in [0.3, 0.4) is 0 Å². The van der Waals surface area contributed by atoms with Crippen molar-refractivity contribution in [1.82, 2.24) is 0 Å². The number of hydrogen-bond acceptors (Lipinski definition) is 0. The van der Waals surface area contributed by atoms with E-state index in [1.165, 1.54) is 33.5 Å². The highest BCUT2D eigenvalue weighted by atomic mass is 31.1. The van der Waals surface area contributed by atoms with Crippen LogP contribution in [-0.4, -0.2) is 12.3 Å². The van der Waals surface area contributed by atoms with Gasteiger partial charge in [-0.3, -0.25) is 0 Å². The Kier molecular flexibility index (Phi) is 7.74. The fourth-order valence-electron chi connectivity index (χ4n) is 7.96. The molecule has 9 rings (SSSR count). The van der Waals surface area contributed by atoms with Crippen molar-refractivity contribution in [1.29, 1.82) is 0 Å². The molecule has 6 aromatic carbocycles. The van der Waals surface area contributed by atoms with E-state index in [1.807, 2.05) is 0 Å². The van der Waals surface area contributed by atoms with Gasteiger partial charge in [0.1, 0.15) is 0 Å². The van der Waals surface area contributed by atoms with Gasteiger partial charge in [0.15, 0.2) is 0 Å². The maximum Gasteiger partial charge on any atom is 0.0130 e. The summed E-state index contributed by atoms with van der Waals surface area (Å²) in [6.07, 6.45) is 2.40. The summed E-state index contributed by atoms with van der Waals surface area (Å²) < 4.78 is 0. The van der Waals surface area contributed by atoms with E-state index >= 15 is 0 Å². The molecule has 0 heterocycles. The Hall–Kier alpha value is -3.82. The van der Waals surface area contributed by atoms with Crippen molar-refractivity contribution >= 4 is 37.1 Å². The Balaban J connectivity index is 1.30. The summed E-state index contributed by atoms with van der Waals surface area (Å²) in [5.74, 6) is 1.93. The summed E-state index contributed by atoms with van der Waals surface area (Å²) in [6.45, 7) is 0. The predicted molar refractivity (Wildman–Crippen MR) is 191 cm³/mol. The minimum absolute atomic E-state index is 0.415. The molecule has 0 amide bonds. The lowest BCUT2D eigenvalue weighted by Crippen LogP contribution is -2.44. The molecule has 0 N–H and O–H groups in total. The molecule has 0 unspecified atom stereocenters. The van der Waals surface area contributed by atoms with Crippen molar-refractivity contribution < 1.29 is 0 Å². The maximum absolute atomic E-state index is 2.44. The van der Waals surface area contributed by atoms with Gasteiger partial charge in [-0.05, 0) is 83.5 Å². The summed E-state index contributed by atoms with van der Waals surface area (Å²) in [6, 6.07) is 64.3. The Morgan fingerprint density at radius 3 is 0.773 bits per heavy atom. The molecule has 0 nitrogen and oxygen atoms in total. The molecule has 0 aliphatic heterocycles. The molecule has 0 aromatic heterocycles. The van der Waals surface area contributed by atoms with Crippen molar-refractivity contribution in [3.05, 3.63) is 192 Å². The SMILES string of the molecule is c1ccc(P(C[C@@H]2C3c4ccccc4C(c4ccccc43)[C@H]2CP(c2ccccc2)c2ccccc2)c2ccccc2)cc1. The highest BCUT2D eigenvalue weighted by Gasteiger charge is 2.50. The highest BCUT2D eigenvalue weighted by molar-refractivity contribution is 7.73. The van der Waals surface area contributed by atoms with Gasteiger partial charge in [-0.1, -0.05) is 170 Å². The zero-order valence-corrected chi connectivity index (χ0v) is 26.6. The zero-order valence-electron chi connectivity index (χ0n) is 24.8. The molecule has 6 aromatic rings. The highest BCUT2D eigenvalue weighted by Crippen LogP contribution is 2.62. The second-order valence-corrected chi connectivity index (χ2v) is 16.6. The second kappa shape index (κ2) is 12.3. The van der Waals surface area contributed by atoms with Crippen LogP contribution in [0.1, 0.15) is 34.1 Å². The van der Waals surface area contributed by atoms with Crippen LogP contribution >= 0.6 is 15.8 Å². The smallest absolute Gasteiger partial charge is 0.0130 e. The molecule has 0 fully saturated rings. The monoisotopic (exact) mass is 602 g/mol. The average Bonchev–Trinajstić information content (AvgIpc) is 3.11. The van der Waals surface area contributed by atoms with E-state index in [2.05, 4.69) is 170 Å². The van der Waals surface area contributed by atoms with Gasteiger partial charge in [0.05, 0.1) is 0 Å². The van der Waals surface area contributed by atoms with Gasteiger partial charge in [-0.25, -0.2) is 0 Å². The summed E-state index contributed by atoms with van der Waals surface area (Å²) in [4.78, 5) is 0. The third-order valence-corrected chi connectivity index (χ3v) is 15.1. The first kappa shape index (κ1) is 27.7. The Bertz CT molecular complexity index is 1570. The van der Waals surface area contributed by atoms with E-state index in [-0.39, 0.29) is 0 Å². The lowest BCUT2D eigenvalue weighted by Gasteiger charge is -2.52. The predicted octanol–water partition coefficient (Wildman–Crippen LogP) is 8.78. The maximum atomic E-state index is 2.44. The summed E-state index contributed by atoms with van der Waals surface area (Å²) in [7, 11) is -1.03. The molecule has 2 heteroatoms. The van der Waals surface area contributed by atoms with Crippen LogP contribution in [0, 0.1) is 11.8 Å². The molecule has 214 valence electrons. The molecule has 44 heavy (non-hydrogen) atoms. The largest absolute Gasteiger partial charge is 0.0622 e. The molecule has 0 radical (unpaired) electrons. The van der Waals surface area contributed by atoms with Crippen LogP contribution < -0.4 is 21.2 Å². The van der Waals surface area contributed by atoms with Gasteiger partial charge in [0.2, 0.25) is 0 Å². The van der Waals surface area contributed by atoms with Crippen LogP contribution in [-0.2, 0) is 0 Å². The van der Waals surface area contributed by atoms with Crippen LogP contribution in [0.4, 0.5) is 0 Å². The molecular formula is C42H36P2. The molecule has 2 bridgehead atoms. The van der Waals surface area contributed by atoms with Gasteiger partial charge in [-0.2, -0.15) is 0 Å². The van der Waals surface area contributed by atoms with Crippen LogP contribution in [0.25, 0.3) is 0 Å². The third-order valence-electron chi connectivity index (χ3n) is 9.80. The van der Waals surface area contributed by atoms with E-state index < -0.39 is 15.8 Å². The number of rotatable bonds is 8. The normalized spacial score (nSPS) is 20.0. The van der Waals surface area contributed by atoms with Gasteiger partial charge in [0.25, 0.3) is 0 Å². The molecule has 0 saturated carbocycles. The standard InChI is InChI=1S/C42H36P2/c1-5-17-31(18-6-1)43(32-19-7-2-8-20-32)29-39-40(30-44(33-21-9-3-10-22-33)34-23-11-4-12-24-34)42-37-27-15-13-25-35(37)41(39)36-26-14-16-28-38(36)42/h1-28,39-42H,29-30H2/t39-,40-,41?,42?/m0/s1.